The van der Waals surface area contributed by atoms with Gasteiger partial charge in [-0.2, -0.15) is 0 Å². The number of fused-ring (bicyclic) bond motifs is 2. The molecule has 2 saturated carbocycles. The first-order chi connectivity index (χ1) is 9.11. The molecule has 2 bridgehead atoms. The molecule has 1 aromatic carbocycles. The number of hydrogen-bond acceptors (Lipinski definition) is 1. The third-order valence-electron chi connectivity index (χ3n) is 4.79. The van der Waals surface area contributed by atoms with Crippen molar-refractivity contribution in [2.24, 2.45) is 17.8 Å². The van der Waals surface area contributed by atoms with E-state index in [1.165, 1.54) is 37.8 Å². The average Bonchev–Trinajstić information content (AvgIpc) is 2.95. The monoisotopic (exact) mass is 261 g/mol. The Morgan fingerprint density at radius 1 is 1.37 bits per heavy atom. The van der Waals surface area contributed by atoms with E-state index in [2.05, 4.69) is 5.32 Å². The fourth-order valence-electron chi connectivity index (χ4n) is 3.83. The maximum atomic E-state index is 13.0. The molecular weight excluding hydrogens is 241 g/mol. The molecule has 0 aromatic heterocycles. The highest BCUT2D eigenvalue weighted by atomic mass is 19.1. The van der Waals surface area contributed by atoms with Gasteiger partial charge in [-0.25, -0.2) is 4.39 Å². The van der Waals surface area contributed by atoms with Crippen LogP contribution in [0.15, 0.2) is 18.2 Å². The van der Waals surface area contributed by atoms with Crippen molar-refractivity contribution in [1.82, 2.24) is 0 Å². The summed E-state index contributed by atoms with van der Waals surface area (Å²) in [6.45, 7) is 1.82. The van der Waals surface area contributed by atoms with Crippen LogP contribution in [0.1, 0.15) is 37.7 Å². The van der Waals surface area contributed by atoms with E-state index in [-0.39, 0.29) is 11.7 Å². The van der Waals surface area contributed by atoms with E-state index in [4.69, 9.17) is 0 Å². The minimum absolute atomic E-state index is 0.0762. The molecule has 3 unspecified atom stereocenters. The van der Waals surface area contributed by atoms with Gasteiger partial charge in [0.15, 0.2) is 0 Å². The lowest BCUT2D eigenvalue weighted by Gasteiger charge is -2.21. The number of hydrogen-bond donors (Lipinski definition) is 1. The maximum Gasteiger partial charge on any atom is 0.224 e. The van der Waals surface area contributed by atoms with Gasteiger partial charge in [0.25, 0.3) is 0 Å². The smallest absolute Gasteiger partial charge is 0.224 e. The molecule has 102 valence electrons. The predicted octanol–water partition coefficient (Wildman–Crippen LogP) is 3.90. The zero-order valence-electron chi connectivity index (χ0n) is 11.3. The number of benzene rings is 1. The molecule has 2 fully saturated rings. The van der Waals surface area contributed by atoms with Crippen molar-refractivity contribution >= 4 is 11.6 Å². The third kappa shape index (κ3) is 2.65. The summed E-state index contributed by atoms with van der Waals surface area (Å²) in [6.07, 6.45) is 5.84. The van der Waals surface area contributed by atoms with Crippen LogP contribution in [0.3, 0.4) is 0 Å². The second-order valence-electron chi connectivity index (χ2n) is 6.15. The van der Waals surface area contributed by atoms with Gasteiger partial charge in [0.2, 0.25) is 5.91 Å². The molecule has 19 heavy (non-hydrogen) atoms. The van der Waals surface area contributed by atoms with Crippen molar-refractivity contribution in [3.05, 3.63) is 29.6 Å². The number of carbonyl (C=O) groups excluding carboxylic acids is 1. The maximum absolute atomic E-state index is 13.0. The summed E-state index contributed by atoms with van der Waals surface area (Å²) in [4.78, 5) is 12.1. The molecule has 0 spiro atoms. The zero-order valence-corrected chi connectivity index (χ0v) is 11.3. The first-order valence-corrected chi connectivity index (χ1v) is 7.18. The lowest BCUT2D eigenvalue weighted by Crippen LogP contribution is -2.20. The molecule has 1 amide bonds. The van der Waals surface area contributed by atoms with Crippen molar-refractivity contribution in [3.63, 3.8) is 0 Å². The van der Waals surface area contributed by atoms with Crippen molar-refractivity contribution in [2.75, 3.05) is 5.32 Å². The summed E-state index contributed by atoms with van der Waals surface area (Å²) in [5, 5.41) is 2.92. The number of carbonyl (C=O) groups is 1. The predicted molar refractivity (Wildman–Crippen MR) is 73.3 cm³/mol. The molecule has 0 saturated heterocycles. The largest absolute Gasteiger partial charge is 0.326 e. The molecular formula is C16H20FNO. The first-order valence-electron chi connectivity index (χ1n) is 7.18. The van der Waals surface area contributed by atoms with Gasteiger partial charge >= 0.3 is 0 Å². The highest BCUT2D eigenvalue weighted by Crippen LogP contribution is 2.49. The van der Waals surface area contributed by atoms with E-state index in [1.54, 1.807) is 6.07 Å². The molecule has 1 aromatic rings. The number of aryl methyl sites for hydroxylation is 1. The van der Waals surface area contributed by atoms with Crippen LogP contribution in [0.5, 0.6) is 0 Å². The number of anilines is 1. The van der Waals surface area contributed by atoms with Crippen molar-refractivity contribution in [2.45, 2.75) is 39.0 Å². The quantitative estimate of drug-likeness (QED) is 0.878. The van der Waals surface area contributed by atoms with Crippen LogP contribution in [0.4, 0.5) is 10.1 Å². The van der Waals surface area contributed by atoms with Gasteiger partial charge in [-0.3, -0.25) is 4.79 Å². The van der Waals surface area contributed by atoms with E-state index in [9.17, 15) is 9.18 Å². The highest BCUT2D eigenvalue weighted by Gasteiger charge is 2.40. The van der Waals surface area contributed by atoms with Crippen molar-refractivity contribution < 1.29 is 9.18 Å². The molecule has 2 nitrogen and oxygen atoms in total. The summed E-state index contributed by atoms with van der Waals surface area (Å²) in [5.74, 6) is 2.02. The Kier molecular flexibility index (Phi) is 3.29. The van der Waals surface area contributed by atoms with Crippen LogP contribution in [0, 0.1) is 30.5 Å². The fraction of sp³-hybridized carbons (Fsp3) is 0.562. The molecule has 0 radical (unpaired) electrons. The van der Waals surface area contributed by atoms with E-state index < -0.39 is 0 Å². The van der Waals surface area contributed by atoms with E-state index in [0.717, 1.165) is 23.1 Å². The summed E-state index contributed by atoms with van der Waals surface area (Å²) in [6, 6.07) is 4.48. The van der Waals surface area contributed by atoms with Gasteiger partial charge in [0.1, 0.15) is 5.82 Å². The molecule has 0 heterocycles. The minimum atomic E-state index is -0.261. The lowest BCUT2D eigenvalue weighted by atomic mass is 9.86. The number of nitrogens with one attached hydrogen (secondary N) is 1. The standard InChI is InChI=1S/C16H20FNO/c1-10-6-14(17)4-5-15(10)18-16(19)9-13-8-11-2-3-12(13)7-11/h4-6,11-13H,2-3,7-9H2,1H3,(H,18,19). The van der Waals surface area contributed by atoms with Gasteiger partial charge in [-0.1, -0.05) is 6.42 Å². The second-order valence-corrected chi connectivity index (χ2v) is 6.15. The summed E-state index contributed by atoms with van der Waals surface area (Å²) in [5.41, 5.74) is 1.51. The lowest BCUT2D eigenvalue weighted by molar-refractivity contribution is -0.117. The first kappa shape index (κ1) is 12.6. The van der Waals surface area contributed by atoms with Gasteiger partial charge in [-0.15, -0.1) is 0 Å². The molecule has 2 aliphatic carbocycles. The minimum Gasteiger partial charge on any atom is -0.326 e. The molecule has 1 N–H and O–H groups in total. The fourth-order valence-corrected chi connectivity index (χ4v) is 3.83. The number of rotatable bonds is 3. The van der Waals surface area contributed by atoms with Crippen LogP contribution < -0.4 is 5.32 Å². The molecule has 3 rings (SSSR count). The highest BCUT2D eigenvalue weighted by molar-refractivity contribution is 5.91. The Balaban J connectivity index is 1.59. The van der Waals surface area contributed by atoms with E-state index >= 15 is 0 Å². The normalized spacial score (nSPS) is 28.6. The van der Waals surface area contributed by atoms with Crippen LogP contribution in [-0.4, -0.2) is 5.91 Å². The summed E-state index contributed by atoms with van der Waals surface area (Å²) in [7, 11) is 0. The van der Waals surface area contributed by atoms with Gasteiger partial charge < -0.3 is 5.32 Å². The second kappa shape index (κ2) is 4.95. The Bertz CT molecular complexity index is 500. The van der Waals surface area contributed by atoms with E-state index in [1.807, 2.05) is 6.92 Å². The molecule has 3 heteroatoms. The Labute approximate surface area is 113 Å². The number of halogens is 1. The Morgan fingerprint density at radius 3 is 2.84 bits per heavy atom. The average molecular weight is 261 g/mol. The van der Waals surface area contributed by atoms with Crippen LogP contribution in [0.2, 0.25) is 0 Å². The Morgan fingerprint density at radius 2 is 2.21 bits per heavy atom. The molecule has 2 aliphatic rings. The van der Waals surface area contributed by atoms with Crippen molar-refractivity contribution in [1.29, 1.82) is 0 Å². The van der Waals surface area contributed by atoms with Crippen molar-refractivity contribution in [3.8, 4) is 0 Å². The van der Waals surface area contributed by atoms with Crippen LogP contribution >= 0.6 is 0 Å². The number of amides is 1. The molecule has 3 atom stereocenters. The van der Waals surface area contributed by atoms with E-state index in [0.29, 0.717) is 12.3 Å². The topological polar surface area (TPSA) is 29.1 Å². The summed E-state index contributed by atoms with van der Waals surface area (Å²) < 4.78 is 13.0. The zero-order chi connectivity index (χ0) is 13.4. The van der Waals surface area contributed by atoms with Crippen LogP contribution in [0.25, 0.3) is 0 Å². The Hall–Kier alpha value is -1.38. The van der Waals surface area contributed by atoms with Gasteiger partial charge in [0.05, 0.1) is 0 Å². The summed E-state index contributed by atoms with van der Waals surface area (Å²) >= 11 is 0. The van der Waals surface area contributed by atoms with Crippen LogP contribution in [-0.2, 0) is 4.79 Å². The SMILES string of the molecule is Cc1cc(F)ccc1NC(=O)CC1CC2CCC1C2. The molecule has 0 aliphatic heterocycles. The van der Waals surface area contributed by atoms with Gasteiger partial charge in [-0.05, 0) is 67.7 Å². The van der Waals surface area contributed by atoms with Gasteiger partial charge in [0, 0.05) is 12.1 Å². The third-order valence-corrected chi connectivity index (χ3v) is 4.79.